The van der Waals surface area contributed by atoms with Crippen LogP contribution < -0.4 is 0 Å². The summed E-state index contributed by atoms with van der Waals surface area (Å²) >= 11 is 0. The zero-order valence-electron chi connectivity index (χ0n) is 14.9. The molecule has 132 valence electrons. The molecule has 1 aliphatic heterocycles. The number of nitrogens with zero attached hydrogens (tertiary/aromatic N) is 5. The van der Waals surface area contributed by atoms with E-state index in [-0.39, 0.29) is 5.91 Å². The summed E-state index contributed by atoms with van der Waals surface area (Å²) in [5.74, 6) is -0.0708. The van der Waals surface area contributed by atoms with Gasteiger partial charge in [-0.1, -0.05) is 47.7 Å². The molecule has 3 rings (SSSR count). The van der Waals surface area contributed by atoms with Gasteiger partial charge < -0.3 is 9.80 Å². The van der Waals surface area contributed by atoms with Gasteiger partial charge in [0.2, 0.25) is 0 Å². The third-order valence-corrected chi connectivity index (χ3v) is 4.66. The van der Waals surface area contributed by atoms with E-state index < -0.39 is 0 Å². The van der Waals surface area contributed by atoms with E-state index in [1.807, 2.05) is 49.5 Å². The first-order valence-electron chi connectivity index (χ1n) is 8.71. The number of hydrogen-bond donors (Lipinski definition) is 0. The molecule has 0 bridgehead atoms. The van der Waals surface area contributed by atoms with E-state index >= 15 is 0 Å². The highest BCUT2D eigenvalue weighted by Gasteiger charge is 2.25. The molecular formula is C19H25N5O. The van der Waals surface area contributed by atoms with E-state index in [2.05, 4.69) is 22.3 Å². The number of rotatable bonds is 6. The maximum Gasteiger partial charge on any atom is 0.275 e. The van der Waals surface area contributed by atoms with Crippen LogP contribution in [0.3, 0.4) is 0 Å². The van der Waals surface area contributed by atoms with Crippen molar-refractivity contribution in [3.63, 3.8) is 0 Å². The summed E-state index contributed by atoms with van der Waals surface area (Å²) in [5, 5.41) is 8.09. The van der Waals surface area contributed by atoms with E-state index in [0.29, 0.717) is 18.3 Å². The summed E-state index contributed by atoms with van der Waals surface area (Å²) in [6, 6.07) is 10.5. The molecule has 1 unspecified atom stereocenters. The molecule has 0 radical (unpaired) electrons. The Bertz CT molecular complexity index is 724. The Labute approximate surface area is 148 Å². The lowest BCUT2D eigenvalue weighted by Gasteiger charge is -2.25. The maximum absolute atomic E-state index is 12.5. The average molecular weight is 339 g/mol. The molecule has 1 fully saturated rings. The minimum Gasteiger partial charge on any atom is -0.339 e. The number of likely N-dealkylation sites (tertiary alicyclic amines) is 1. The van der Waals surface area contributed by atoms with E-state index in [0.717, 1.165) is 25.1 Å². The monoisotopic (exact) mass is 339 g/mol. The van der Waals surface area contributed by atoms with Gasteiger partial charge in [0.1, 0.15) is 0 Å². The molecule has 2 aromatic rings. The standard InChI is InChI=1S/C19H25N5O/c1-22-12-7-11-17(22)14-23(2)19(25)18-15-24(21-20-18)13-6-10-16-8-4-3-5-9-16/h3-6,8-10,15,17H,7,11-14H2,1-2H3/b10-6+. The van der Waals surface area contributed by atoms with Crippen LogP contribution in [0.25, 0.3) is 6.08 Å². The largest absolute Gasteiger partial charge is 0.339 e. The number of hydrogen-bond acceptors (Lipinski definition) is 4. The third-order valence-electron chi connectivity index (χ3n) is 4.66. The van der Waals surface area contributed by atoms with Crippen molar-refractivity contribution in [2.24, 2.45) is 0 Å². The van der Waals surface area contributed by atoms with Crippen LogP contribution in [-0.2, 0) is 6.54 Å². The Kier molecular flexibility index (Phi) is 5.60. The fraction of sp³-hybridized carbons (Fsp3) is 0.421. The molecule has 1 aromatic carbocycles. The van der Waals surface area contributed by atoms with Gasteiger partial charge in [0.15, 0.2) is 5.69 Å². The first kappa shape index (κ1) is 17.4. The van der Waals surface area contributed by atoms with Gasteiger partial charge in [0.05, 0.1) is 12.7 Å². The van der Waals surface area contributed by atoms with Gasteiger partial charge in [-0.3, -0.25) is 4.79 Å². The summed E-state index contributed by atoms with van der Waals surface area (Å²) in [4.78, 5) is 16.6. The first-order chi connectivity index (χ1) is 12.1. The summed E-state index contributed by atoms with van der Waals surface area (Å²) < 4.78 is 1.68. The summed E-state index contributed by atoms with van der Waals surface area (Å²) in [6.45, 7) is 2.43. The Morgan fingerprint density at radius 2 is 2.16 bits per heavy atom. The lowest BCUT2D eigenvalue weighted by atomic mass is 10.2. The Hall–Kier alpha value is -2.47. The van der Waals surface area contributed by atoms with Gasteiger partial charge >= 0.3 is 0 Å². The van der Waals surface area contributed by atoms with Crippen LogP contribution >= 0.6 is 0 Å². The van der Waals surface area contributed by atoms with Crippen molar-refractivity contribution in [3.8, 4) is 0 Å². The molecule has 0 saturated carbocycles. The van der Waals surface area contributed by atoms with Crippen molar-refractivity contribution in [2.45, 2.75) is 25.4 Å². The van der Waals surface area contributed by atoms with Crippen molar-refractivity contribution >= 4 is 12.0 Å². The van der Waals surface area contributed by atoms with Crippen LogP contribution in [0.2, 0.25) is 0 Å². The summed E-state index contributed by atoms with van der Waals surface area (Å²) in [7, 11) is 3.95. The number of allylic oxidation sites excluding steroid dienone is 1. The second kappa shape index (κ2) is 8.07. The predicted octanol–water partition coefficient (Wildman–Crippen LogP) is 2.16. The van der Waals surface area contributed by atoms with Gasteiger partial charge in [-0.15, -0.1) is 5.10 Å². The highest BCUT2D eigenvalue weighted by atomic mass is 16.2. The molecule has 1 aromatic heterocycles. The molecule has 0 spiro atoms. The van der Waals surface area contributed by atoms with E-state index in [4.69, 9.17) is 0 Å². The van der Waals surface area contributed by atoms with Crippen LogP contribution in [0.1, 0.15) is 28.9 Å². The van der Waals surface area contributed by atoms with E-state index in [1.54, 1.807) is 15.8 Å². The lowest BCUT2D eigenvalue weighted by molar-refractivity contribution is 0.0755. The second-order valence-corrected chi connectivity index (χ2v) is 6.60. The van der Waals surface area contributed by atoms with Crippen LogP contribution in [0.15, 0.2) is 42.6 Å². The fourth-order valence-electron chi connectivity index (χ4n) is 3.15. The minimum absolute atomic E-state index is 0.0708. The molecular weight excluding hydrogens is 314 g/mol. The van der Waals surface area contributed by atoms with E-state index in [1.165, 1.54) is 6.42 Å². The first-order valence-corrected chi connectivity index (χ1v) is 8.71. The molecule has 6 heteroatoms. The van der Waals surface area contributed by atoms with Crippen molar-refractivity contribution in [1.29, 1.82) is 0 Å². The molecule has 1 amide bonds. The van der Waals surface area contributed by atoms with Crippen molar-refractivity contribution < 1.29 is 4.79 Å². The number of likely N-dealkylation sites (N-methyl/N-ethyl adjacent to an activating group) is 2. The van der Waals surface area contributed by atoms with Crippen LogP contribution in [0.4, 0.5) is 0 Å². The Balaban J connectivity index is 1.55. The molecule has 6 nitrogen and oxygen atoms in total. The highest BCUT2D eigenvalue weighted by Crippen LogP contribution is 2.16. The normalized spacial score (nSPS) is 18.1. The molecule has 25 heavy (non-hydrogen) atoms. The number of carbonyl (C=O) groups is 1. The second-order valence-electron chi connectivity index (χ2n) is 6.60. The van der Waals surface area contributed by atoms with Gasteiger partial charge in [-0.05, 0) is 32.0 Å². The lowest BCUT2D eigenvalue weighted by Crippen LogP contribution is -2.39. The smallest absolute Gasteiger partial charge is 0.275 e. The summed E-state index contributed by atoms with van der Waals surface area (Å²) in [6.07, 6.45) is 8.10. The van der Waals surface area contributed by atoms with Crippen LogP contribution in [0.5, 0.6) is 0 Å². The van der Waals surface area contributed by atoms with Gasteiger partial charge in [0.25, 0.3) is 5.91 Å². The summed E-state index contributed by atoms with van der Waals surface area (Å²) in [5.41, 5.74) is 1.54. The Morgan fingerprint density at radius 3 is 2.88 bits per heavy atom. The highest BCUT2D eigenvalue weighted by molar-refractivity contribution is 5.91. The number of benzene rings is 1. The van der Waals surface area contributed by atoms with Crippen molar-refractivity contribution in [1.82, 2.24) is 24.8 Å². The average Bonchev–Trinajstić information content (AvgIpc) is 3.25. The molecule has 1 saturated heterocycles. The number of carbonyl (C=O) groups excluding carboxylic acids is 1. The molecule has 1 atom stereocenters. The van der Waals surface area contributed by atoms with E-state index in [9.17, 15) is 4.79 Å². The zero-order valence-corrected chi connectivity index (χ0v) is 14.9. The van der Waals surface area contributed by atoms with Crippen molar-refractivity contribution in [2.75, 3.05) is 27.2 Å². The van der Waals surface area contributed by atoms with Gasteiger partial charge in [-0.25, -0.2) is 4.68 Å². The minimum atomic E-state index is -0.0708. The van der Waals surface area contributed by atoms with Crippen molar-refractivity contribution in [3.05, 3.63) is 53.9 Å². The molecule has 0 N–H and O–H groups in total. The topological polar surface area (TPSA) is 54.3 Å². The van der Waals surface area contributed by atoms with Gasteiger partial charge in [0, 0.05) is 19.6 Å². The molecule has 2 heterocycles. The predicted molar refractivity (Wildman–Crippen MR) is 98.1 cm³/mol. The maximum atomic E-state index is 12.5. The Morgan fingerprint density at radius 1 is 1.36 bits per heavy atom. The quantitative estimate of drug-likeness (QED) is 0.809. The molecule has 0 aliphatic carbocycles. The third kappa shape index (κ3) is 4.54. The molecule has 1 aliphatic rings. The number of aromatic nitrogens is 3. The fourth-order valence-corrected chi connectivity index (χ4v) is 3.15. The van der Waals surface area contributed by atoms with Gasteiger partial charge in [-0.2, -0.15) is 0 Å². The SMILES string of the molecule is CN(CC1CCCN1C)C(=O)c1cn(C/C=C/c2ccccc2)nn1. The number of amides is 1. The van der Waals surface area contributed by atoms with Crippen LogP contribution in [0, 0.1) is 0 Å². The zero-order chi connectivity index (χ0) is 17.6. The van der Waals surface area contributed by atoms with Crippen LogP contribution in [-0.4, -0.2) is 63.9 Å².